The third-order valence-electron chi connectivity index (χ3n) is 4.32. The Labute approximate surface area is 187 Å². The van der Waals surface area contributed by atoms with Gasteiger partial charge in [-0.25, -0.2) is 9.97 Å². The number of ether oxygens (including phenoxy) is 2. The first kappa shape index (κ1) is 22.4. The molecule has 0 unspecified atom stereocenters. The summed E-state index contributed by atoms with van der Waals surface area (Å²) in [5, 5.41) is 7.05. The Morgan fingerprint density at radius 2 is 1.68 bits per heavy atom. The van der Waals surface area contributed by atoms with Gasteiger partial charge >= 0.3 is 0 Å². The Balaban J connectivity index is 1.34. The first-order chi connectivity index (χ1) is 15.2. The molecule has 3 rings (SSSR count). The molecule has 162 valence electrons. The molecule has 0 saturated heterocycles. The first-order valence-electron chi connectivity index (χ1n) is 10.0. The van der Waals surface area contributed by atoms with E-state index in [2.05, 4.69) is 25.6 Å². The van der Waals surface area contributed by atoms with Gasteiger partial charge in [0.25, 0.3) is 0 Å². The van der Waals surface area contributed by atoms with E-state index >= 15 is 0 Å². The third-order valence-corrected chi connectivity index (χ3v) is 4.54. The number of pyridine rings is 2. The number of aromatic nitrogens is 2. The maximum Gasteiger partial charge on any atom is 0.213 e. The molecular weight excluding hydrogens is 414 g/mol. The van der Waals surface area contributed by atoms with Crippen molar-refractivity contribution in [2.45, 2.75) is 13.0 Å². The van der Waals surface area contributed by atoms with Crippen LogP contribution in [-0.4, -0.2) is 42.7 Å². The Kier molecular flexibility index (Phi) is 8.94. The van der Waals surface area contributed by atoms with Gasteiger partial charge in [0.15, 0.2) is 5.96 Å². The third kappa shape index (κ3) is 8.14. The van der Waals surface area contributed by atoms with Crippen molar-refractivity contribution in [3.8, 4) is 11.6 Å². The second kappa shape index (κ2) is 12.4. The van der Waals surface area contributed by atoms with Crippen LogP contribution in [0.3, 0.4) is 0 Å². The summed E-state index contributed by atoms with van der Waals surface area (Å²) in [5.74, 6) is 2.12. The minimum absolute atomic E-state index is 0.430. The molecule has 2 aromatic heterocycles. The molecule has 0 spiro atoms. The summed E-state index contributed by atoms with van der Waals surface area (Å²) >= 11 is 5.81. The quantitative estimate of drug-likeness (QED) is 0.218. The lowest BCUT2D eigenvalue weighted by molar-refractivity contribution is 0.212. The van der Waals surface area contributed by atoms with Gasteiger partial charge in [-0.3, -0.25) is 4.99 Å². The van der Waals surface area contributed by atoms with E-state index in [0.717, 1.165) is 35.8 Å². The minimum Gasteiger partial charge on any atom is -0.490 e. The lowest BCUT2D eigenvalue weighted by atomic mass is 10.2. The zero-order valence-corrected chi connectivity index (χ0v) is 18.2. The van der Waals surface area contributed by atoms with Crippen LogP contribution in [0.4, 0.5) is 0 Å². The molecule has 1 aromatic carbocycles. The van der Waals surface area contributed by atoms with Crippen LogP contribution in [0.15, 0.2) is 72.0 Å². The number of hydrogen-bond donors (Lipinski definition) is 2. The lowest BCUT2D eigenvalue weighted by Crippen LogP contribution is -2.37. The Morgan fingerprint density at radius 1 is 0.903 bits per heavy atom. The highest BCUT2D eigenvalue weighted by molar-refractivity contribution is 6.29. The zero-order valence-electron chi connectivity index (χ0n) is 17.4. The largest absolute Gasteiger partial charge is 0.490 e. The maximum atomic E-state index is 5.81. The van der Waals surface area contributed by atoms with Crippen LogP contribution in [0.1, 0.15) is 11.1 Å². The molecule has 31 heavy (non-hydrogen) atoms. The van der Waals surface area contributed by atoms with Gasteiger partial charge in [0.05, 0.1) is 0 Å². The standard InChI is InChI=1S/C23H26ClN5O2/c1-25-23(26-12-11-18-7-9-21(24)27-15-18)29-17-19-8-10-22(28-16-19)31-14-13-30-20-5-3-2-4-6-20/h2-10,15-16H,11-14,17H2,1H3,(H2,25,26,29). The van der Waals surface area contributed by atoms with Crippen molar-refractivity contribution >= 4 is 17.6 Å². The molecule has 0 radical (unpaired) electrons. The van der Waals surface area contributed by atoms with Crippen molar-refractivity contribution < 1.29 is 9.47 Å². The van der Waals surface area contributed by atoms with Crippen LogP contribution in [0.5, 0.6) is 11.6 Å². The highest BCUT2D eigenvalue weighted by Gasteiger charge is 2.02. The lowest BCUT2D eigenvalue weighted by Gasteiger charge is -2.12. The molecule has 0 amide bonds. The van der Waals surface area contributed by atoms with Crippen LogP contribution in [0, 0.1) is 0 Å². The van der Waals surface area contributed by atoms with E-state index in [9.17, 15) is 0 Å². The van der Waals surface area contributed by atoms with E-state index in [1.807, 2.05) is 48.5 Å². The molecule has 0 bridgehead atoms. The number of aliphatic imine (C=N–C) groups is 1. The van der Waals surface area contributed by atoms with E-state index < -0.39 is 0 Å². The molecule has 2 N–H and O–H groups in total. The average Bonchev–Trinajstić information content (AvgIpc) is 2.81. The summed E-state index contributed by atoms with van der Waals surface area (Å²) in [7, 11) is 1.74. The maximum absolute atomic E-state index is 5.81. The molecule has 0 aliphatic heterocycles. The smallest absolute Gasteiger partial charge is 0.213 e. The van der Waals surface area contributed by atoms with Crippen LogP contribution >= 0.6 is 11.6 Å². The average molecular weight is 440 g/mol. The van der Waals surface area contributed by atoms with Crippen molar-refractivity contribution in [1.82, 2.24) is 20.6 Å². The number of nitrogens with one attached hydrogen (secondary N) is 2. The Hall–Kier alpha value is -3.32. The summed E-state index contributed by atoms with van der Waals surface area (Å²) in [6.45, 7) is 2.23. The van der Waals surface area contributed by atoms with Crippen LogP contribution in [-0.2, 0) is 13.0 Å². The number of guanidine groups is 1. The Morgan fingerprint density at radius 3 is 2.39 bits per heavy atom. The molecule has 8 heteroatoms. The number of para-hydroxylation sites is 1. The van der Waals surface area contributed by atoms with Crippen LogP contribution in [0.2, 0.25) is 5.15 Å². The number of nitrogens with zero attached hydrogens (tertiary/aromatic N) is 3. The van der Waals surface area contributed by atoms with Gasteiger partial charge in [0.1, 0.15) is 24.1 Å². The summed E-state index contributed by atoms with van der Waals surface area (Å²) < 4.78 is 11.2. The SMILES string of the molecule is CN=C(NCCc1ccc(Cl)nc1)NCc1ccc(OCCOc2ccccc2)nc1. The van der Waals surface area contributed by atoms with Crippen molar-refractivity contribution in [3.05, 3.63) is 83.3 Å². The van der Waals surface area contributed by atoms with Crippen molar-refractivity contribution in [1.29, 1.82) is 0 Å². The highest BCUT2D eigenvalue weighted by Crippen LogP contribution is 2.10. The molecule has 3 aromatic rings. The van der Waals surface area contributed by atoms with Gasteiger partial charge in [0.2, 0.25) is 5.88 Å². The molecule has 0 fully saturated rings. The molecule has 0 aliphatic rings. The highest BCUT2D eigenvalue weighted by atomic mass is 35.5. The van der Waals surface area contributed by atoms with Gasteiger partial charge in [-0.1, -0.05) is 41.9 Å². The van der Waals surface area contributed by atoms with Gasteiger partial charge in [-0.15, -0.1) is 0 Å². The fraction of sp³-hybridized carbons (Fsp3) is 0.261. The second-order valence-electron chi connectivity index (χ2n) is 6.61. The number of halogens is 1. The fourth-order valence-corrected chi connectivity index (χ4v) is 2.82. The monoisotopic (exact) mass is 439 g/mol. The zero-order chi connectivity index (χ0) is 21.7. The number of rotatable bonds is 10. The summed E-state index contributed by atoms with van der Waals surface area (Å²) in [6.07, 6.45) is 4.39. The van der Waals surface area contributed by atoms with Crippen LogP contribution < -0.4 is 20.1 Å². The van der Waals surface area contributed by atoms with Crippen molar-refractivity contribution in [2.75, 3.05) is 26.8 Å². The summed E-state index contributed by atoms with van der Waals surface area (Å²) in [5.41, 5.74) is 2.14. The molecule has 7 nitrogen and oxygen atoms in total. The molecular formula is C23H26ClN5O2. The van der Waals surface area contributed by atoms with Gasteiger partial charge in [-0.2, -0.15) is 0 Å². The summed E-state index contributed by atoms with van der Waals surface area (Å²) in [4.78, 5) is 12.7. The van der Waals surface area contributed by atoms with Crippen molar-refractivity contribution in [3.63, 3.8) is 0 Å². The van der Waals surface area contributed by atoms with E-state index in [1.165, 1.54) is 0 Å². The molecule has 0 aliphatic carbocycles. The predicted octanol–water partition coefficient (Wildman–Crippen LogP) is 3.50. The number of benzene rings is 1. The van der Waals surface area contributed by atoms with E-state index in [4.69, 9.17) is 21.1 Å². The number of hydrogen-bond acceptors (Lipinski definition) is 5. The topological polar surface area (TPSA) is 80.7 Å². The van der Waals surface area contributed by atoms with Gasteiger partial charge in [0, 0.05) is 38.6 Å². The van der Waals surface area contributed by atoms with Gasteiger partial charge in [-0.05, 0) is 35.7 Å². The molecule has 0 saturated carbocycles. The van der Waals surface area contributed by atoms with E-state index in [0.29, 0.717) is 30.8 Å². The second-order valence-corrected chi connectivity index (χ2v) is 6.99. The van der Waals surface area contributed by atoms with E-state index in [1.54, 1.807) is 25.5 Å². The van der Waals surface area contributed by atoms with E-state index in [-0.39, 0.29) is 0 Å². The van der Waals surface area contributed by atoms with Crippen molar-refractivity contribution in [2.24, 2.45) is 4.99 Å². The summed E-state index contributed by atoms with van der Waals surface area (Å²) in [6, 6.07) is 17.2. The predicted molar refractivity (Wildman–Crippen MR) is 123 cm³/mol. The Bertz CT molecular complexity index is 934. The van der Waals surface area contributed by atoms with Crippen LogP contribution in [0.25, 0.3) is 0 Å². The normalized spacial score (nSPS) is 11.1. The first-order valence-corrected chi connectivity index (χ1v) is 10.4. The molecule has 2 heterocycles. The molecule has 0 atom stereocenters. The van der Waals surface area contributed by atoms with Gasteiger partial charge < -0.3 is 20.1 Å². The fourth-order valence-electron chi connectivity index (χ4n) is 2.71. The minimum atomic E-state index is 0.430.